The molecule has 178 valence electrons. The van der Waals surface area contributed by atoms with E-state index in [1.165, 1.54) is 26.4 Å². The van der Waals surface area contributed by atoms with Gasteiger partial charge in [0.05, 0.1) is 37.6 Å². The molecule has 3 rings (SSSR count). The van der Waals surface area contributed by atoms with Crippen molar-refractivity contribution in [1.82, 2.24) is 0 Å². The molecule has 0 spiro atoms. The van der Waals surface area contributed by atoms with Gasteiger partial charge in [0.1, 0.15) is 11.5 Å². The number of para-hydroxylation sites is 1. The second-order valence-electron chi connectivity index (χ2n) is 7.50. The maximum absolute atomic E-state index is 13.1. The molecular formula is C25H25NO7S. The third-order valence-corrected chi connectivity index (χ3v) is 6.12. The van der Waals surface area contributed by atoms with Crippen molar-refractivity contribution in [2.45, 2.75) is 19.1 Å². The number of hydrogen-bond acceptors (Lipinski definition) is 7. The molecule has 0 radical (unpaired) electrons. The topological polar surface area (TPSA) is 108 Å². The van der Waals surface area contributed by atoms with Gasteiger partial charge in [0, 0.05) is 0 Å². The van der Waals surface area contributed by atoms with Crippen molar-refractivity contribution in [2.24, 2.45) is 0 Å². The third kappa shape index (κ3) is 6.58. The Morgan fingerprint density at radius 1 is 0.853 bits per heavy atom. The molecule has 0 aliphatic rings. The molecule has 1 N–H and O–H groups in total. The Morgan fingerprint density at radius 3 is 2.26 bits per heavy atom. The molecule has 0 bridgehead atoms. The van der Waals surface area contributed by atoms with Crippen LogP contribution in [0, 0.1) is 6.92 Å². The molecule has 0 saturated heterocycles. The number of methoxy groups -OCH3 is 2. The number of benzene rings is 3. The second kappa shape index (κ2) is 10.8. The summed E-state index contributed by atoms with van der Waals surface area (Å²) in [6.45, 7) is 1.83. The lowest BCUT2D eigenvalue weighted by molar-refractivity contribution is -0.139. The Labute approximate surface area is 198 Å². The average Bonchev–Trinajstić information content (AvgIpc) is 2.80. The van der Waals surface area contributed by atoms with Crippen LogP contribution < -0.4 is 9.46 Å². The van der Waals surface area contributed by atoms with Crippen LogP contribution in [-0.4, -0.2) is 34.6 Å². The number of aryl methyl sites for hydroxylation is 1. The minimum atomic E-state index is -3.98. The van der Waals surface area contributed by atoms with Gasteiger partial charge in [-0.25, -0.2) is 13.2 Å². The summed E-state index contributed by atoms with van der Waals surface area (Å²) >= 11 is 0. The highest BCUT2D eigenvalue weighted by Gasteiger charge is 2.21. The van der Waals surface area contributed by atoms with Crippen LogP contribution in [0.5, 0.6) is 11.5 Å². The normalized spacial score (nSPS) is 10.9. The van der Waals surface area contributed by atoms with E-state index in [4.69, 9.17) is 14.2 Å². The van der Waals surface area contributed by atoms with Crippen LogP contribution in [0.3, 0.4) is 0 Å². The first-order valence-electron chi connectivity index (χ1n) is 10.3. The molecular weight excluding hydrogens is 458 g/mol. The van der Waals surface area contributed by atoms with Gasteiger partial charge in [0.2, 0.25) is 10.0 Å². The fraction of sp³-hybridized carbons (Fsp3) is 0.200. The molecule has 8 nitrogen and oxygen atoms in total. The van der Waals surface area contributed by atoms with Crippen molar-refractivity contribution in [2.75, 3.05) is 18.9 Å². The molecule has 34 heavy (non-hydrogen) atoms. The highest BCUT2D eigenvalue weighted by Crippen LogP contribution is 2.27. The van der Waals surface area contributed by atoms with Crippen molar-refractivity contribution in [3.63, 3.8) is 0 Å². The molecule has 0 aliphatic heterocycles. The number of esters is 2. The van der Waals surface area contributed by atoms with Crippen LogP contribution in [0.15, 0.2) is 66.7 Å². The predicted octanol–water partition coefficient (Wildman–Crippen LogP) is 4.23. The molecule has 0 atom stereocenters. The van der Waals surface area contributed by atoms with Gasteiger partial charge >= 0.3 is 11.9 Å². The first-order chi connectivity index (χ1) is 16.2. The molecule has 0 unspecified atom stereocenters. The van der Waals surface area contributed by atoms with Gasteiger partial charge in [-0.2, -0.15) is 0 Å². The lowest BCUT2D eigenvalue weighted by Crippen LogP contribution is -2.19. The first kappa shape index (κ1) is 24.8. The van der Waals surface area contributed by atoms with Crippen molar-refractivity contribution in [3.8, 4) is 11.5 Å². The minimum Gasteiger partial charge on any atom is -0.469 e. The first-order valence-corrected chi connectivity index (χ1v) is 12.0. The smallest absolute Gasteiger partial charge is 0.338 e. The number of sulfonamides is 1. The SMILES string of the molecule is COC(=O)Cc1cc(C)ccc1NS(=O)(=O)Cc1cc(Oc2ccccc2)ccc1C(=O)OC. The van der Waals surface area contributed by atoms with Gasteiger partial charge < -0.3 is 14.2 Å². The highest BCUT2D eigenvalue weighted by molar-refractivity contribution is 7.91. The Bertz CT molecular complexity index is 1290. The van der Waals surface area contributed by atoms with Crippen LogP contribution in [0.25, 0.3) is 0 Å². The number of ether oxygens (including phenoxy) is 3. The second-order valence-corrected chi connectivity index (χ2v) is 9.22. The molecule has 0 aromatic heterocycles. The van der Waals surface area contributed by atoms with Gasteiger partial charge in [-0.05, 0) is 54.4 Å². The summed E-state index contributed by atoms with van der Waals surface area (Å²) in [5.74, 6) is -0.754. The molecule has 0 heterocycles. The van der Waals surface area contributed by atoms with Crippen LogP contribution in [0.4, 0.5) is 5.69 Å². The zero-order chi connectivity index (χ0) is 24.7. The number of carbonyl (C=O) groups excluding carboxylic acids is 2. The predicted molar refractivity (Wildman–Crippen MR) is 127 cm³/mol. The lowest BCUT2D eigenvalue weighted by atomic mass is 10.1. The maximum Gasteiger partial charge on any atom is 0.338 e. The molecule has 3 aromatic carbocycles. The van der Waals surface area contributed by atoms with Crippen molar-refractivity contribution in [3.05, 3.63) is 89.0 Å². The Kier molecular flexibility index (Phi) is 7.91. The average molecular weight is 484 g/mol. The van der Waals surface area contributed by atoms with Crippen LogP contribution in [0.2, 0.25) is 0 Å². The quantitative estimate of drug-likeness (QED) is 0.454. The Hall–Kier alpha value is -3.85. The van der Waals surface area contributed by atoms with E-state index in [-0.39, 0.29) is 23.2 Å². The Balaban J connectivity index is 1.91. The van der Waals surface area contributed by atoms with E-state index in [1.54, 1.807) is 48.5 Å². The maximum atomic E-state index is 13.1. The van der Waals surface area contributed by atoms with Crippen molar-refractivity contribution < 1.29 is 32.2 Å². The summed E-state index contributed by atoms with van der Waals surface area (Å²) in [5, 5.41) is 0. The van der Waals surface area contributed by atoms with Crippen molar-refractivity contribution >= 4 is 27.6 Å². The zero-order valence-electron chi connectivity index (χ0n) is 19.0. The van der Waals surface area contributed by atoms with E-state index in [9.17, 15) is 18.0 Å². The highest BCUT2D eigenvalue weighted by atomic mass is 32.2. The molecule has 0 saturated carbocycles. The molecule has 9 heteroatoms. The molecule has 0 aliphatic carbocycles. The van der Waals surface area contributed by atoms with Crippen LogP contribution in [-0.2, 0) is 36.5 Å². The number of rotatable bonds is 9. The molecule has 0 amide bonds. The monoisotopic (exact) mass is 483 g/mol. The van der Waals surface area contributed by atoms with Gasteiger partial charge in [-0.3, -0.25) is 9.52 Å². The number of anilines is 1. The largest absolute Gasteiger partial charge is 0.469 e. The number of hydrogen-bond donors (Lipinski definition) is 1. The number of nitrogens with one attached hydrogen (secondary N) is 1. The van der Waals surface area contributed by atoms with E-state index < -0.39 is 27.7 Å². The summed E-state index contributed by atoms with van der Waals surface area (Å²) in [4.78, 5) is 24.0. The van der Waals surface area contributed by atoms with E-state index in [1.807, 2.05) is 13.0 Å². The van der Waals surface area contributed by atoms with E-state index in [0.29, 0.717) is 17.1 Å². The lowest BCUT2D eigenvalue weighted by Gasteiger charge is -2.15. The van der Waals surface area contributed by atoms with Crippen LogP contribution >= 0.6 is 0 Å². The van der Waals surface area contributed by atoms with Gasteiger partial charge in [-0.15, -0.1) is 0 Å². The van der Waals surface area contributed by atoms with Gasteiger partial charge in [-0.1, -0.05) is 35.9 Å². The molecule has 0 fully saturated rings. The van der Waals surface area contributed by atoms with E-state index in [0.717, 1.165) is 5.56 Å². The van der Waals surface area contributed by atoms with E-state index in [2.05, 4.69) is 4.72 Å². The van der Waals surface area contributed by atoms with Crippen LogP contribution in [0.1, 0.15) is 27.0 Å². The van der Waals surface area contributed by atoms with Gasteiger partial charge in [0.25, 0.3) is 0 Å². The van der Waals surface area contributed by atoms with Gasteiger partial charge in [0.15, 0.2) is 0 Å². The molecule has 3 aromatic rings. The summed E-state index contributed by atoms with van der Waals surface area (Å²) in [7, 11) is -1.50. The minimum absolute atomic E-state index is 0.0934. The standard InChI is InChI=1S/C25H25NO7S/c1-17-9-12-23(18(13-17)15-24(27)31-2)26-34(29,30)16-19-14-21(10-11-22(19)25(28)32-3)33-20-7-5-4-6-8-20/h4-14,26H,15-16H2,1-3H3. The summed E-state index contributed by atoms with van der Waals surface area (Å²) in [6, 6.07) is 18.5. The fourth-order valence-electron chi connectivity index (χ4n) is 3.29. The third-order valence-electron chi connectivity index (χ3n) is 4.90. The van der Waals surface area contributed by atoms with E-state index >= 15 is 0 Å². The number of carbonyl (C=O) groups is 2. The fourth-order valence-corrected chi connectivity index (χ4v) is 4.55. The zero-order valence-corrected chi connectivity index (χ0v) is 19.8. The Morgan fingerprint density at radius 2 is 1.59 bits per heavy atom. The summed E-state index contributed by atoms with van der Waals surface area (Å²) in [6.07, 6.45) is -0.0934. The summed E-state index contributed by atoms with van der Waals surface area (Å²) < 4.78 is 44.0. The van der Waals surface area contributed by atoms with Crippen molar-refractivity contribution in [1.29, 1.82) is 0 Å². The summed E-state index contributed by atoms with van der Waals surface area (Å²) in [5.41, 5.74) is 1.90.